The fraction of sp³-hybridized carbons (Fsp3) is 0.125. The lowest BCUT2D eigenvalue weighted by Crippen LogP contribution is -2.09. The Morgan fingerprint density at radius 2 is 1.71 bits per heavy atom. The average Bonchev–Trinajstić information content (AvgIpc) is 2.48. The van der Waals surface area contributed by atoms with Crippen molar-refractivity contribution in [2.24, 2.45) is 5.73 Å². The van der Waals surface area contributed by atoms with E-state index in [1.165, 1.54) is 5.56 Å². The Bertz CT molecular complexity index is 654. The number of hydrogen-bond acceptors (Lipinski definition) is 3. The third-order valence-corrected chi connectivity index (χ3v) is 4.26. The van der Waals surface area contributed by atoms with E-state index in [2.05, 4.69) is 0 Å². The fourth-order valence-corrected chi connectivity index (χ4v) is 2.92. The van der Waals surface area contributed by atoms with E-state index in [1.807, 2.05) is 36.4 Å². The fourth-order valence-electron chi connectivity index (χ4n) is 1.84. The predicted molar refractivity (Wildman–Crippen MR) is 90.7 cm³/mol. The summed E-state index contributed by atoms with van der Waals surface area (Å²) >= 11 is 6.73. The van der Waals surface area contributed by atoms with Crippen molar-refractivity contribution in [3.05, 3.63) is 70.8 Å². The number of thiocarbonyl (C=S) groups is 1. The van der Waals surface area contributed by atoms with Crippen molar-refractivity contribution in [2.45, 2.75) is 11.5 Å². The summed E-state index contributed by atoms with van der Waals surface area (Å²) in [6, 6.07) is 14.9. The van der Waals surface area contributed by atoms with Crippen LogP contribution in [0.4, 0.5) is 0 Å². The van der Waals surface area contributed by atoms with Gasteiger partial charge in [0.1, 0.15) is 4.99 Å². The highest BCUT2D eigenvalue weighted by atomic mass is 32.2. The van der Waals surface area contributed by atoms with Crippen molar-refractivity contribution in [3.63, 3.8) is 0 Å². The van der Waals surface area contributed by atoms with Gasteiger partial charge in [-0.2, -0.15) is 11.8 Å². The zero-order valence-corrected chi connectivity index (χ0v) is 12.9. The molecule has 0 aliphatic carbocycles. The second kappa shape index (κ2) is 7.24. The molecule has 0 saturated carbocycles. The van der Waals surface area contributed by atoms with Crippen LogP contribution in [-0.2, 0) is 11.5 Å². The lowest BCUT2D eigenvalue weighted by molar-refractivity contribution is 0.0697. The summed E-state index contributed by atoms with van der Waals surface area (Å²) < 4.78 is 0. The first-order chi connectivity index (χ1) is 10.1. The van der Waals surface area contributed by atoms with Gasteiger partial charge in [-0.15, -0.1) is 0 Å². The number of nitrogens with two attached hydrogens (primary N) is 1. The summed E-state index contributed by atoms with van der Waals surface area (Å²) in [4.78, 5) is 11.2. The van der Waals surface area contributed by atoms with Crippen LogP contribution in [0.1, 0.15) is 27.0 Å². The summed E-state index contributed by atoms with van der Waals surface area (Å²) in [5.41, 5.74) is 9.09. The van der Waals surface area contributed by atoms with E-state index < -0.39 is 5.97 Å². The topological polar surface area (TPSA) is 63.3 Å². The van der Waals surface area contributed by atoms with E-state index in [1.54, 1.807) is 23.9 Å². The minimum atomic E-state index is -0.899. The van der Waals surface area contributed by atoms with Crippen LogP contribution in [-0.4, -0.2) is 16.1 Å². The van der Waals surface area contributed by atoms with Crippen LogP contribution in [0.25, 0.3) is 0 Å². The molecule has 2 aromatic rings. The third kappa shape index (κ3) is 4.58. The quantitative estimate of drug-likeness (QED) is 0.799. The average molecular weight is 317 g/mol. The van der Waals surface area contributed by atoms with Gasteiger partial charge in [-0.1, -0.05) is 42.5 Å². The Morgan fingerprint density at radius 3 is 2.33 bits per heavy atom. The molecule has 5 heteroatoms. The standard InChI is InChI=1S/C16H15NO2S2/c17-15(20)14-3-1-2-12(8-14)10-21-9-11-4-6-13(7-5-11)16(18)19/h1-8H,9-10H2,(H2,17,20)(H,18,19). The van der Waals surface area contributed by atoms with Crippen LogP contribution >= 0.6 is 24.0 Å². The Kier molecular flexibility index (Phi) is 5.36. The zero-order valence-electron chi connectivity index (χ0n) is 11.3. The van der Waals surface area contributed by atoms with Gasteiger partial charge in [-0.05, 0) is 29.3 Å². The Morgan fingerprint density at radius 1 is 1.05 bits per heavy atom. The summed E-state index contributed by atoms with van der Waals surface area (Å²) in [5, 5.41) is 8.85. The maximum Gasteiger partial charge on any atom is 0.335 e. The van der Waals surface area contributed by atoms with Crippen molar-refractivity contribution < 1.29 is 9.90 Å². The molecule has 0 unspecified atom stereocenters. The molecule has 0 aliphatic rings. The lowest BCUT2D eigenvalue weighted by Gasteiger charge is -2.05. The maximum atomic E-state index is 10.8. The minimum absolute atomic E-state index is 0.313. The van der Waals surface area contributed by atoms with Gasteiger partial charge in [-0.25, -0.2) is 4.79 Å². The van der Waals surface area contributed by atoms with E-state index in [4.69, 9.17) is 23.1 Å². The Hall–Kier alpha value is -1.85. The molecule has 21 heavy (non-hydrogen) atoms. The SMILES string of the molecule is NC(=S)c1cccc(CSCc2ccc(C(=O)O)cc2)c1. The van der Waals surface area contributed by atoms with Gasteiger partial charge >= 0.3 is 5.97 Å². The van der Waals surface area contributed by atoms with Crippen LogP contribution in [0.2, 0.25) is 0 Å². The molecule has 0 aliphatic heterocycles. The molecule has 0 radical (unpaired) electrons. The van der Waals surface area contributed by atoms with E-state index in [9.17, 15) is 4.79 Å². The molecule has 108 valence electrons. The molecule has 0 atom stereocenters. The van der Waals surface area contributed by atoms with Gasteiger partial charge < -0.3 is 10.8 Å². The smallest absolute Gasteiger partial charge is 0.335 e. The second-order valence-corrected chi connectivity index (χ2v) is 5.98. The number of carboxylic acids is 1. The summed E-state index contributed by atoms with van der Waals surface area (Å²) in [5.74, 6) is 0.790. The van der Waals surface area contributed by atoms with Gasteiger partial charge in [-0.3, -0.25) is 0 Å². The van der Waals surface area contributed by atoms with Crippen molar-refractivity contribution in [3.8, 4) is 0 Å². The van der Waals surface area contributed by atoms with Crippen LogP contribution in [0.5, 0.6) is 0 Å². The largest absolute Gasteiger partial charge is 0.478 e. The monoisotopic (exact) mass is 317 g/mol. The number of thioether (sulfide) groups is 1. The molecule has 0 aromatic heterocycles. The van der Waals surface area contributed by atoms with E-state index >= 15 is 0 Å². The molecule has 0 fully saturated rings. The first-order valence-electron chi connectivity index (χ1n) is 6.35. The van der Waals surface area contributed by atoms with Crippen LogP contribution in [0, 0.1) is 0 Å². The molecular weight excluding hydrogens is 302 g/mol. The molecule has 3 N–H and O–H groups in total. The second-order valence-electron chi connectivity index (χ2n) is 4.56. The highest BCUT2D eigenvalue weighted by molar-refractivity contribution is 7.97. The van der Waals surface area contributed by atoms with Gasteiger partial charge in [0, 0.05) is 17.1 Å². The van der Waals surface area contributed by atoms with Gasteiger partial charge in [0.2, 0.25) is 0 Å². The number of hydrogen-bond donors (Lipinski definition) is 2. The number of carbonyl (C=O) groups is 1. The molecule has 0 amide bonds. The van der Waals surface area contributed by atoms with Gasteiger partial charge in [0.05, 0.1) is 5.56 Å². The maximum absolute atomic E-state index is 10.8. The molecular formula is C16H15NO2S2. The van der Waals surface area contributed by atoms with Gasteiger partial charge in [0.25, 0.3) is 0 Å². The van der Waals surface area contributed by atoms with Crippen LogP contribution in [0.3, 0.4) is 0 Å². The molecule has 3 nitrogen and oxygen atoms in total. The molecule has 0 saturated heterocycles. The highest BCUT2D eigenvalue weighted by Crippen LogP contribution is 2.19. The highest BCUT2D eigenvalue weighted by Gasteiger charge is 2.03. The summed E-state index contributed by atoms with van der Waals surface area (Å²) in [6.45, 7) is 0. The first-order valence-corrected chi connectivity index (χ1v) is 7.91. The van der Waals surface area contributed by atoms with Crippen LogP contribution < -0.4 is 5.73 Å². The minimum Gasteiger partial charge on any atom is -0.478 e. The lowest BCUT2D eigenvalue weighted by atomic mass is 10.1. The summed E-state index contributed by atoms with van der Waals surface area (Å²) in [6.07, 6.45) is 0. The van der Waals surface area contributed by atoms with Crippen LogP contribution in [0.15, 0.2) is 48.5 Å². The Labute approximate surface area is 133 Å². The number of benzene rings is 2. The van der Waals surface area contributed by atoms with Crippen molar-refractivity contribution >= 4 is 34.9 Å². The molecule has 2 rings (SSSR count). The summed E-state index contributed by atoms with van der Waals surface area (Å²) in [7, 11) is 0. The van der Waals surface area contributed by atoms with E-state index in [0.29, 0.717) is 10.6 Å². The number of rotatable bonds is 6. The normalized spacial score (nSPS) is 10.3. The Balaban J connectivity index is 1.90. The number of carboxylic acid groups (broad SMARTS) is 1. The molecule has 0 heterocycles. The molecule has 2 aromatic carbocycles. The van der Waals surface area contributed by atoms with Crippen molar-refractivity contribution in [1.82, 2.24) is 0 Å². The predicted octanol–water partition coefficient (Wildman–Crippen LogP) is 3.45. The number of aromatic carboxylic acids is 1. The molecule has 0 bridgehead atoms. The third-order valence-electron chi connectivity index (χ3n) is 2.95. The van der Waals surface area contributed by atoms with E-state index in [-0.39, 0.29) is 0 Å². The van der Waals surface area contributed by atoms with E-state index in [0.717, 1.165) is 22.6 Å². The van der Waals surface area contributed by atoms with Crippen molar-refractivity contribution in [2.75, 3.05) is 0 Å². The molecule has 0 spiro atoms. The zero-order chi connectivity index (χ0) is 15.2. The van der Waals surface area contributed by atoms with Gasteiger partial charge in [0.15, 0.2) is 0 Å². The first kappa shape index (κ1) is 15.5. The van der Waals surface area contributed by atoms with Crippen molar-refractivity contribution in [1.29, 1.82) is 0 Å².